The number of hydrogen-bond donors (Lipinski definition) is 1. The Hall–Kier alpha value is -0.770. The first kappa shape index (κ1) is 20.3. The van der Waals surface area contributed by atoms with Crippen LogP contribution in [0.3, 0.4) is 0 Å². The van der Waals surface area contributed by atoms with Gasteiger partial charge < -0.3 is 15.0 Å². The van der Waals surface area contributed by atoms with Crippen LogP contribution in [0.2, 0.25) is 0 Å². The monoisotopic (exact) mass is 326 g/mol. The number of amides is 1. The zero-order valence-electron chi connectivity index (χ0n) is 16.3. The van der Waals surface area contributed by atoms with Crippen LogP contribution in [0.15, 0.2) is 0 Å². The van der Waals surface area contributed by atoms with Crippen molar-refractivity contribution >= 4 is 6.09 Å². The highest BCUT2D eigenvalue weighted by molar-refractivity contribution is 5.68. The van der Waals surface area contributed by atoms with E-state index in [4.69, 9.17) is 4.74 Å². The summed E-state index contributed by atoms with van der Waals surface area (Å²) in [7, 11) is 0. The van der Waals surface area contributed by atoms with Crippen LogP contribution in [0.1, 0.15) is 80.6 Å². The van der Waals surface area contributed by atoms with Gasteiger partial charge in [-0.3, -0.25) is 0 Å². The van der Waals surface area contributed by atoms with Crippen molar-refractivity contribution in [3.05, 3.63) is 0 Å². The van der Waals surface area contributed by atoms with Crippen molar-refractivity contribution in [2.45, 2.75) is 104 Å². The average Bonchev–Trinajstić information content (AvgIpc) is 2.61. The molecule has 1 heterocycles. The predicted molar refractivity (Wildman–Crippen MR) is 96.7 cm³/mol. The smallest absolute Gasteiger partial charge is 0.410 e. The van der Waals surface area contributed by atoms with E-state index >= 15 is 0 Å². The molecule has 136 valence electrons. The molecule has 3 unspecified atom stereocenters. The Kier molecular flexibility index (Phi) is 7.85. The molecule has 0 aromatic rings. The number of nitrogens with zero attached hydrogens (tertiary/aromatic N) is 1. The van der Waals surface area contributed by atoms with Gasteiger partial charge in [0.25, 0.3) is 0 Å². The van der Waals surface area contributed by atoms with Crippen LogP contribution < -0.4 is 5.32 Å². The number of likely N-dealkylation sites (tertiary alicyclic amines) is 1. The highest BCUT2D eigenvalue weighted by Gasteiger charge is 2.30. The third-order valence-corrected chi connectivity index (χ3v) is 4.68. The minimum absolute atomic E-state index is 0.145. The van der Waals surface area contributed by atoms with Crippen molar-refractivity contribution in [2.24, 2.45) is 5.92 Å². The maximum atomic E-state index is 12.6. The highest BCUT2D eigenvalue weighted by atomic mass is 16.6. The Labute approximate surface area is 143 Å². The first-order valence-electron chi connectivity index (χ1n) is 9.36. The van der Waals surface area contributed by atoms with Crippen molar-refractivity contribution in [2.75, 3.05) is 6.54 Å². The maximum Gasteiger partial charge on any atom is 0.410 e. The van der Waals surface area contributed by atoms with Crippen LogP contribution in [-0.2, 0) is 4.74 Å². The minimum atomic E-state index is -0.427. The summed E-state index contributed by atoms with van der Waals surface area (Å²) in [5.74, 6) is 0.619. The van der Waals surface area contributed by atoms with E-state index in [9.17, 15) is 4.79 Å². The van der Waals surface area contributed by atoms with E-state index in [1.54, 1.807) is 0 Å². The van der Waals surface area contributed by atoms with Crippen LogP contribution in [-0.4, -0.2) is 41.3 Å². The van der Waals surface area contributed by atoms with Crippen LogP contribution in [0, 0.1) is 5.92 Å². The van der Waals surface area contributed by atoms with Gasteiger partial charge in [0.15, 0.2) is 0 Å². The van der Waals surface area contributed by atoms with Crippen LogP contribution in [0.25, 0.3) is 0 Å². The van der Waals surface area contributed by atoms with Crippen LogP contribution >= 0.6 is 0 Å². The zero-order chi connectivity index (χ0) is 17.6. The van der Waals surface area contributed by atoms with Gasteiger partial charge in [-0.1, -0.05) is 26.7 Å². The summed E-state index contributed by atoms with van der Waals surface area (Å²) < 4.78 is 5.63. The number of carbonyl (C=O) groups is 1. The van der Waals surface area contributed by atoms with Gasteiger partial charge in [-0.25, -0.2) is 4.79 Å². The Morgan fingerprint density at radius 1 is 1.17 bits per heavy atom. The summed E-state index contributed by atoms with van der Waals surface area (Å²) in [5, 5.41) is 3.68. The van der Waals surface area contributed by atoms with Gasteiger partial charge in [0.1, 0.15) is 5.60 Å². The van der Waals surface area contributed by atoms with Gasteiger partial charge in [-0.05, 0) is 59.8 Å². The number of rotatable bonds is 5. The second-order valence-electron chi connectivity index (χ2n) is 8.51. The van der Waals surface area contributed by atoms with Gasteiger partial charge in [0.05, 0.1) is 0 Å². The molecule has 1 rings (SSSR count). The molecule has 1 aliphatic heterocycles. The summed E-state index contributed by atoms with van der Waals surface area (Å²) in [4.78, 5) is 14.6. The fraction of sp³-hybridized carbons (Fsp3) is 0.947. The van der Waals surface area contributed by atoms with E-state index < -0.39 is 5.60 Å². The van der Waals surface area contributed by atoms with Crippen molar-refractivity contribution < 1.29 is 9.53 Å². The Bertz CT molecular complexity index is 363. The molecule has 1 amide bonds. The molecule has 0 saturated carbocycles. The Morgan fingerprint density at radius 2 is 1.83 bits per heavy atom. The third-order valence-electron chi connectivity index (χ3n) is 4.68. The highest BCUT2D eigenvalue weighted by Crippen LogP contribution is 2.23. The number of ether oxygens (including phenoxy) is 1. The summed E-state index contributed by atoms with van der Waals surface area (Å²) in [6, 6.07) is 1.18. The van der Waals surface area contributed by atoms with Crippen LogP contribution in [0.5, 0.6) is 0 Å². The summed E-state index contributed by atoms with van der Waals surface area (Å²) >= 11 is 0. The van der Waals surface area contributed by atoms with E-state index in [2.05, 4.69) is 33.0 Å². The van der Waals surface area contributed by atoms with Crippen molar-refractivity contribution in [1.82, 2.24) is 10.2 Å². The van der Waals surface area contributed by atoms with E-state index in [1.165, 1.54) is 12.8 Å². The molecule has 0 spiro atoms. The number of nitrogens with one attached hydrogen (secondary N) is 1. The van der Waals surface area contributed by atoms with Gasteiger partial charge in [0, 0.05) is 24.7 Å². The molecule has 1 aliphatic rings. The van der Waals surface area contributed by atoms with Gasteiger partial charge >= 0.3 is 6.09 Å². The Morgan fingerprint density at radius 3 is 2.39 bits per heavy atom. The largest absolute Gasteiger partial charge is 0.444 e. The quantitative estimate of drug-likeness (QED) is 0.804. The predicted octanol–water partition coefficient (Wildman–Crippen LogP) is 4.58. The first-order valence-corrected chi connectivity index (χ1v) is 9.36. The lowest BCUT2D eigenvalue weighted by Crippen LogP contribution is -2.47. The molecule has 0 aromatic carbocycles. The lowest BCUT2D eigenvalue weighted by molar-refractivity contribution is 0.0149. The molecular formula is C19H38N2O2. The normalized spacial score (nSPS) is 22.6. The van der Waals surface area contributed by atoms with Gasteiger partial charge in [-0.2, -0.15) is 0 Å². The van der Waals surface area contributed by atoms with E-state index in [1.807, 2.05) is 25.7 Å². The van der Waals surface area contributed by atoms with Crippen LogP contribution in [0.4, 0.5) is 4.79 Å². The third kappa shape index (κ3) is 7.56. The second kappa shape index (κ2) is 8.91. The molecule has 23 heavy (non-hydrogen) atoms. The standard InChI is InChI=1S/C19H38N2O2/c1-14(2)16(4)20-15(3)13-17-11-9-8-10-12-21(17)18(22)23-19(5,6)7/h14-17,20H,8-13H2,1-7H3. The molecule has 1 saturated heterocycles. The Balaban J connectivity index is 2.68. The molecule has 1 fully saturated rings. The lowest BCUT2D eigenvalue weighted by Gasteiger charge is -2.34. The zero-order valence-corrected chi connectivity index (χ0v) is 16.3. The van der Waals surface area contributed by atoms with Gasteiger partial charge in [0.2, 0.25) is 0 Å². The fourth-order valence-electron chi connectivity index (χ4n) is 3.10. The molecule has 0 aliphatic carbocycles. The van der Waals surface area contributed by atoms with E-state index in [0.29, 0.717) is 18.0 Å². The van der Waals surface area contributed by atoms with E-state index in [-0.39, 0.29) is 12.1 Å². The SMILES string of the molecule is CC(CC1CCCCCN1C(=O)OC(C)(C)C)NC(C)C(C)C. The average molecular weight is 327 g/mol. The number of carbonyl (C=O) groups excluding carboxylic acids is 1. The minimum Gasteiger partial charge on any atom is -0.444 e. The maximum absolute atomic E-state index is 12.6. The number of hydrogen-bond acceptors (Lipinski definition) is 3. The molecular weight excluding hydrogens is 288 g/mol. The van der Waals surface area contributed by atoms with E-state index in [0.717, 1.165) is 25.8 Å². The van der Waals surface area contributed by atoms with Crippen molar-refractivity contribution in [3.8, 4) is 0 Å². The lowest BCUT2D eigenvalue weighted by atomic mass is 10.00. The summed E-state index contributed by atoms with van der Waals surface area (Å²) in [6.45, 7) is 15.6. The topological polar surface area (TPSA) is 41.6 Å². The molecule has 4 nitrogen and oxygen atoms in total. The molecule has 1 N–H and O–H groups in total. The molecule has 0 aromatic heterocycles. The molecule has 0 radical (unpaired) electrons. The molecule has 4 heteroatoms. The van der Waals surface area contributed by atoms with Crippen molar-refractivity contribution in [1.29, 1.82) is 0 Å². The summed E-state index contributed by atoms with van der Waals surface area (Å²) in [5.41, 5.74) is -0.427. The molecule has 3 atom stereocenters. The molecule has 0 bridgehead atoms. The summed E-state index contributed by atoms with van der Waals surface area (Å²) in [6.07, 6.45) is 5.43. The second-order valence-corrected chi connectivity index (χ2v) is 8.51. The van der Waals surface area contributed by atoms with Crippen molar-refractivity contribution in [3.63, 3.8) is 0 Å². The van der Waals surface area contributed by atoms with Gasteiger partial charge in [-0.15, -0.1) is 0 Å². The fourth-order valence-corrected chi connectivity index (χ4v) is 3.10. The first-order chi connectivity index (χ1) is 10.6.